The molecular weight excluding hydrogens is 504 g/mol. The molecule has 2 aliphatic rings. The maximum Gasteiger partial charge on any atom is 0.331 e. The third kappa shape index (κ3) is 5.62. The van der Waals surface area contributed by atoms with Crippen molar-refractivity contribution in [3.05, 3.63) is 65.7 Å². The van der Waals surface area contributed by atoms with Gasteiger partial charge in [-0.1, -0.05) is 30.3 Å². The Bertz CT molecular complexity index is 1380. The van der Waals surface area contributed by atoms with Gasteiger partial charge in [-0.25, -0.2) is 21.6 Å². The Balaban J connectivity index is 1.33. The first-order valence-electron chi connectivity index (χ1n) is 11.7. The van der Waals surface area contributed by atoms with Gasteiger partial charge in [0.25, 0.3) is 15.9 Å². The van der Waals surface area contributed by atoms with Crippen LogP contribution >= 0.6 is 0 Å². The van der Waals surface area contributed by atoms with Crippen LogP contribution in [0.3, 0.4) is 0 Å². The summed E-state index contributed by atoms with van der Waals surface area (Å²) < 4.78 is 56.0. The number of anilines is 1. The van der Waals surface area contributed by atoms with E-state index in [1.54, 1.807) is 25.1 Å². The predicted molar refractivity (Wildman–Crippen MR) is 136 cm³/mol. The first-order chi connectivity index (χ1) is 17.1. The van der Waals surface area contributed by atoms with Crippen molar-refractivity contribution in [1.29, 1.82) is 0 Å². The maximum absolute atomic E-state index is 13.1. The average Bonchev–Trinajstić information content (AvgIpc) is 3.45. The van der Waals surface area contributed by atoms with Gasteiger partial charge in [0.05, 0.1) is 22.1 Å². The smallest absolute Gasteiger partial charge is 0.331 e. The molecule has 0 radical (unpaired) electrons. The predicted octanol–water partition coefficient (Wildman–Crippen LogP) is 2.03. The SMILES string of the molecule is CCN(C(=O)COC(=O)C=Cc1ccc(S(=O)(=O)N2CCc3ccccc32)cc1)C1CCS(=O)(=O)C1. The number of para-hydroxylation sites is 1. The van der Waals surface area contributed by atoms with Gasteiger partial charge in [0.15, 0.2) is 16.4 Å². The van der Waals surface area contributed by atoms with Crippen LogP contribution in [0.15, 0.2) is 59.5 Å². The molecule has 1 atom stereocenters. The number of carbonyl (C=O) groups is 2. The number of hydrogen-bond acceptors (Lipinski definition) is 7. The van der Waals surface area contributed by atoms with E-state index in [1.165, 1.54) is 27.4 Å². The molecule has 4 rings (SSSR count). The Kier molecular flexibility index (Phi) is 7.51. The van der Waals surface area contributed by atoms with Crippen molar-refractivity contribution in [2.45, 2.75) is 30.7 Å². The standard InChI is InChI=1S/C25H28N2O7S2/c1-2-26(21-14-16-35(30,31)18-21)24(28)17-34-25(29)12-9-19-7-10-22(11-8-19)36(32,33)27-15-13-20-5-3-4-6-23(20)27/h3-12,21H,2,13-18H2,1H3. The highest BCUT2D eigenvalue weighted by atomic mass is 32.2. The number of fused-ring (bicyclic) bond motifs is 1. The van der Waals surface area contributed by atoms with Crippen LogP contribution in [0, 0.1) is 0 Å². The van der Waals surface area contributed by atoms with Crippen LogP contribution in [0.1, 0.15) is 24.5 Å². The lowest BCUT2D eigenvalue weighted by Gasteiger charge is -2.26. The minimum Gasteiger partial charge on any atom is -0.452 e. The summed E-state index contributed by atoms with van der Waals surface area (Å²) in [6.45, 7) is 1.98. The summed E-state index contributed by atoms with van der Waals surface area (Å²) in [5.41, 5.74) is 2.27. The first-order valence-corrected chi connectivity index (χ1v) is 14.9. The van der Waals surface area contributed by atoms with E-state index in [1.807, 2.05) is 18.2 Å². The molecule has 2 heterocycles. The monoisotopic (exact) mass is 532 g/mol. The van der Waals surface area contributed by atoms with Gasteiger partial charge in [-0.05, 0) is 55.2 Å². The Morgan fingerprint density at radius 1 is 1.14 bits per heavy atom. The van der Waals surface area contributed by atoms with Crippen LogP contribution in [-0.2, 0) is 40.6 Å². The number of sulfone groups is 1. The molecule has 2 aliphatic heterocycles. The maximum atomic E-state index is 13.1. The van der Waals surface area contributed by atoms with Gasteiger partial charge in [0.2, 0.25) is 0 Å². The third-order valence-electron chi connectivity index (χ3n) is 6.37. The summed E-state index contributed by atoms with van der Waals surface area (Å²) in [4.78, 5) is 26.1. The van der Waals surface area contributed by atoms with Gasteiger partial charge >= 0.3 is 5.97 Å². The zero-order chi connectivity index (χ0) is 25.9. The number of ether oxygens (including phenoxy) is 1. The zero-order valence-corrected chi connectivity index (χ0v) is 21.5. The summed E-state index contributed by atoms with van der Waals surface area (Å²) in [7, 11) is -6.84. The van der Waals surface area contributed by atoms with Gasteiger partial charge in [-0.2, -0.15) is 0 Å². The fourth-order valence-electron chi connectivity index (χ4n) is 4.52. The minimum absolute atomic E-state index is 0.0510. The lowest BCUT2D eigenvalue weighted by atomic mass is 10.2. The lowest BCUT2D eigenvalue weighted by molar-refractivity contribution is -0.149. The largest absolute Gasteiger partial charge is 0.452 e. The molecule has 192 valence electrons. The molecule has 9 nitrogen and oxygen atoms in total. The number of hydrogen-bond donors (Lipinski definition) is 0. The van der Waals surface area contributed by atoms with E-state index >= 15 is 0 Å². The fraction of sp³-hybridized carbons (Fsp3) is 0.360. The van der Waals surface area contributed by atoms with Crippen molar-refractivity contribution in [3.8, 4) is 0 Å². The van der Waals surface area contributed by atoms with Crippen LogP contribution < -0.4 is 4.31 Å². The highest BCUT2D eigenvalue weighted by Gasteiger charge is 2.34. The van der Waals surface area contributed by atoms with E-state index in [-0.39, 0.29) is 16.4 Å². The summed E-state index contributed by atoms with van der Waals surface area (Å²) in [5.74, 6) is -1.20. The highest BCUT2D eigenvalue weighted by Crippen LogP contribution is 2.32. The number of likely N-dealkylation sites (N-methyl/N-ethyl adjacent to an activating group) is 1. The number of rotatable bonds is 8. The molecular formula is C25H28N2O7S2. The van der Waals surface area contributed by atoms with Crippen molar-refractivity contribution in [1.82, 2.24) is 4.90 Å². The van der Waals surface area contributed by atoms with E-state index in [2.05, 4.69) is 0 Å². The molecule has 0 aromatic heterocycles. The van der Waals surface area contributed by atoms with Gasteiger partial charge in [0, 0.05) is 25.2 Å². The van der Waals surface area contributed by atoms with Crippen molar-refractivity contribution < 1.29 is 31.2 Å². The number of sulfonamides is 1. The second-order valence-electron chi connectivity index (χ2n) is 8.70. The summed E-state index contributed by atoms with van der Waals surface area (Å²) in [6, 6.07) is 13.2. The Morgan fingerprint density at radius 2 is 1.86 bits per heavy atom. The number of nitrogens with zero attached hydrogens (tertiary/aromatic N) is 2. The number of benzene rings is 2. The molecule has 0 spiro atoms. The van der Waals surface area contributed by atoms with E-state index in [9.17, 15) is 26.4 Å². The Hall–Kier alpha value is -3.18. The Morgan fingerprint density at radius 3 is 2.53 bits per heavy atom. The second-order valence-corrected chi connectivity index (χ2v) is 12.8. The summed E-state index contributed by atoms with van der Waals surface area (Å²) in [5, 5.41) is 0. The Labute approximate surface area is 211 Å². The molecule has 1 saturated heterocycles. The molecule has 0 saturated carbocycles. The lowest BCUT2D eigenvalue weighted by Crippen LogP contribution is -2.43. The quantitative estimate of drug-likeness (QED) is 0.377. The minimum atomic E-state index is -3.71. The van der Waals surface area contributed by atoms with Gasteiger partial charge in [0.1, 0.15) is 0 Å². The second kappa shape index (κ2) is 10.4. The van der Waals surface area contributed by atoms with Gasteiger partial charge < -0.3 is 9.64 Å². The van der Waals surface area contributed by atoms with E-state index < -0.39 is 44.4 Å². The summed E-state index contributed by atoms with van der Waals surface area (Å²) in [6.07, 6.45) is 3.67. The topological polar surface area (TPSA) is 118 Å². The molecule has 2 aromatic carbocycles. The van der Waals surface area contributed by atoms with Crippen molar-refractivity contribution in [3.63, 3.8) is 0 Å². The van der Waals surface area contributed by atoms with Gasteiger partial charge in [-0.15, -0.1) is 0 Å². The molecule has 0 aliphatic carbocycles. The molecule has 1 fully saturated rings. The number of amides is 1. The number of esters is 1. The van der Waals surface area contributed by atoms with Crippen LogP contribution in [-0.4, -0.2) is 70.9 Å². The molecule has 0 bridgehead atoms. The van der Waals surface area contributed by atoms with E-state index in [0.717, 1.165) is 11.6 Å². The van der Waals surface area contributed by atoms with Crippen LogP contribution in [0.4, 0.5) is 5.69 Å². The fourth-order valence-corrected chi connectivity index (χ4v) is 7.76. The van der Waals surface area contributed by atoms with Crippen molar-refractivity contribution in [2.24, 2.45) is 0 Å². The van der Waals surface area contributed by atoms with E-state index in [4.69, 9.17) is 4.74 Å². The molecule has 1 unspecified atom stereocenters. The molecule has 36 heavy (non-hydrogen) atoms. The average molecular weight is 533 g/mol. The van der Waals surface area contributed by atoms with E-state index in [0.29, 0.717) is 37.2 Å². The molecule has 0 N–H and O–H groups in total. The zero-order valence-electron chi connectivity index (χ0n) is 19.9. The van der Waals surface area contributed by atoms with Crippen molar-refractivity contribution >= 4 is 43.5 Å². The van der Waals surface area contributed by atoms with Crippen LogP contribution in [0.5, 0.6) is 0 Å². The molecule has 1 amide bonds. The number of carbonyl (C=O) groups excluding carboxylic acids is 2. The molecule has 2 aromatic rings. The van der Waals surface area contributed by atoms with Crippen LogP contribution in [0.2, 0.25) is 0 Å². The van der Waals surface area contributed by atoms with Gasteiger partial charge in [-0.3, -0.25) is 9.10 Å². The normalized spacial score (nSPS) is 18.8. The highest BCUT2D eigenvalue weighted by molar-refractivity contribution is 7.93. The summed E-state index contributed by atoms with van der Waals surface area (Å²) >= 11 is 0. The van der Waals surface area contributed by atoms with Crippen LogP contribution in [0.25, 0.3) is 6.08 Å². The van der Waals surface area contributed by atoms with Crippen molar-refractivity contribution in [2.75, 3.05) is 35.5 Å². The first kappa shape index (κ1) is 25.9. The molecule has 11 heteroatoms. The third-order valence-corrected chi connectivity index (χ3v) is 9.95.